The van der Waals surface area contributed by atoms with Crippen LogP contribution in [0.1, 0.15) is 20.1 Å². The summed E-state index contributed by atoms with van der Waals surface area (Å²) in [4.78, 5) is 43.5. The van der Waals surface area contributed by atoms with E-state index in [1.807, 2.05) is 0 Å². The fourth-order valence-corrected chi connectivity index (χ4v) is 6.14. The molecular weight excluding hydrogens is 612 g/mol. The lowest BCUT2D eigenvalue weighted by molar-refractivity contribution is -0.168. The molecule has 10 atom stereocenters. The number of rotatable bonds is 11. The van der Waals surface area contributed by atoms with Gasteiger partial charge in [-0.1, -0.05) is 5.57 Å². The van der Waals surface area contributed by atoms with Crippen LogP contribution in [0.3, 0.4) is 0 Å². The number of aromatic nitrogens is 4. The summed E-state index contributed by atoms with van der Waals surface area (Å²) < 4.78 is 54.8. The van der Waals surface area contributed by atoms with E-state index in [2.05, 4.69) is 28.3 Å². The number of esters is 1. The summed E-state index contributed by atoms with van der Waals surface area (Å²) in [6.45, 7) is 1.36. The highest BCUT2D eigenvalue weighted by atomic mass is 31.3. The van der Waals surface area contributed by atoms with Crippen LogP contribution in [0.4, 0.5) is 5.82 Å². The van der Waals surface area contributed by atoms with Gasteiger partial charge in [0.1, 0.15) is 42.4 Å². The average Bonchev–Trinajstić information content (AvgIpc) is 3.51. The van der Waals surface area contributed by atoms with Crippen LogP contribution in [0.2, 0.25) is 0 Å². The number of anilines is 1. The van der Waals surface area contributed by atoms with E-state index in [4.69, 9.17) is 19.9 Å². The van der Waals surface area contributed by atoms with E-state index in [0.29, 0.717) is 5.57 Å². The Balaban J connectivity index is 1.30. The second-order valence-electron chi connectivity index (χ2n) is 9.42. The molecule has 0 aliphatic carbocycles. The first-order chi connectivity index (χ1) is 19.6. The largest absolute Gasteiger partial charge is 0.481 e. The number of aliphatic hydroxyl groups excluding tert-OH is 4. The molecule has 2 aliphatic heterocycles. The van der Waals surface area contributed by atoms with Gasteiger partial charge in [-0.25, -0.2) is 28.9 Å². The van der Waals surface area contributed by atoms with Gasteiger partial charge in [-0.3, -0.25) is 13.6 Å². The molecule has 0 aromatic carbocycles. The minimum absolute atomic E-state index is 0.0496. The maximum Gasteiger partial charge on any atom is 0.481 e. The Morgan fingerprint density at radius 3 is 2.24 bits per heavy atom. The molecule has 0 spiro atoms. The van der Waals surface area contributed by atoms with Crippen molar-refractivity contribution >= 4 is 38.6 Å². The second-order valence-corrected chi connectivity index (χ2v) is 12.5. The fraction of sp³-hybridized carbons (Fsp3) is 0.600. The topological polar surface area (TPSA) is 298 Å². The molecule has 0 radical (unpaired) electrons. The van der Waals surface area contributed by atoms with E-state index in [9.17, 15) is 44.1 Å². The Labute approximate surface area is 236 Å². The zero-order valence-corrected chi connectivity index (χ0v) is 23.7. The number of hydrogen-bond acceptors (Lipinski definition) is 17. The molecule has 42 heavy (non-hydrogen) atoms. The van der Waals surface area contributed by atoms with Crippen LogP contribution >= 0.6 is 15.6 Å². The molecule has 20 nitrogen and oxygen atoms in total. The highest BCUT2D eigenvalue weighted by Gasteiger charge is 2.48. The second kappa shape index (κ2) is 12.7. The number of ether oxygens (including phenoxy) is 3. The van der Waals surface area contributed by atoms with Crippen molar-refractivity contribution in [1.29, 1.82) is 0 Å². The van der Waals surface area contributed by atoms with E-state index in [-0.39, 0.29) is 17.0 Å². The summed E-state index contributed by atoms with van der Waals surface area (Å²) in [7, 11) is -10.7. The third-order valence-electron chi connectivity index (χ3n) is 5.98. The predicted molar refractivity (Wildman–Crippen MR) is 134 cm³/mol. The Morgan fingerprint density at radius 1 is 1.00 bits per heavy atom. The number of allylic oxidation sites excluding steroid dienone is 1. The van der Waals surface area contributed by atoms with Gasteiger partial charge in [0.15, 0.2) is 30.1 Å². The van der Waals surface area contributed by atoms with Gasteiger partial charge in [0, 0.05) is 6.08 Å². The zero-order chi connectivity index (χ0) is 31.0. The van der Waals surface area contributed by atoms with Gasteiger partial charge in [0.25, 0.3) is 0 Å². The number of carbonyl (C=O) groups excluding carboxylic acids is 1. The molecule has 2 aromatic rings. The number of nitrogens with two attached hydrogens (primary N) is 1. The quantitative estimate of drug-likeness (QED) is 0.0811. The minimum Gasteiger partial charge on any atom is -0.451 e. The Kier molecular flexibility index (Phi) is 9.80. The molecule has 3 unspecified atom stereocenters. The van der Waals surface area contributed by atoms with Crippen LogP contribution in [0.25, 0.3) is 11.2 Å². The number of aliphatic hydroxyl groups is 4. The average molecular weight is 641 g/mol. The van der Waals surface area contributed by atoms with Gasteiger partial charge in [-0.15, -0.1) is 0 Å². The predicted octanol–water partition coefficient (Wildman–Crippen LogP) is -1.77. The van der Waals surface area contributed by atoms with Crippen LogP contribution in [-0.4, -0.2) is 112 Å². The van der Waals surface area contributed by atoms with Gasteiger partial charge in [0.2, 0.25) is 0 Å². The summed E-state index contributed by atoms with van der Waals surface area (Å²) in [6.07, 6.45) is -9.08. The van der Waals surface area contributed by atoms with Gasteiger partial charge in [-0.2, -0.15) is 4.31 Å². The smallest absolute Gasteiger partial charge is 0.451 e. The molecule has 22 heteroatoms. The Morgan fingerprint density at radius 2 is 1.62 bits per heavy atom. The standard InChI is InChI=1S/C20H29N5O15P2/c1-8(2)3-11(26)39-16-14(28)10(38-20(16)30)5-36-42(33,34)40-41(31,32)35-4-9-13(27)15(29)19(37-9)25-7-24-12-17(21)22-6-23-18(12)25/h3,6-7,9-10,13-16,19-20,27-30H,4-5H2,1-2H3,(H,31,32)(H,33,34)(H2,21,22,23)/t9-,10+,13-,14+,15-,16+,19-,20?/m1/s1. The molecule has 0 saturated carbocycles. The third-order valence-corrected chi connectivity index (χ3v) is 8.58. The molecule has 2 aliphatic rings. The van der Waals surface area contributed by atoms with Crippen molar-refractivity contribution < 1.29 is 71.7 Å². The molecule has 0 amide bonds. The number of nitrogens with zero attached hydrogens (tertiary/aromatic N) is 4. The maximum atomic E-state index is 12.3. The molecule has 8 N–H and O–H groups in total. The first kappa shape index (κ1) is 32.5. The van der Waals surface area contributed by atoms with Gasteiger partial charge in [0.05, 0.1) is 19.5 Å². The summed E-state index contributed by atoms with van der Waals surface area (Å²) in [6, 6.07) is 0. The number of carbonyl (C=O) groups is 1. The number of fused-ring (bicyclic) bond motifs is 1. The molecular formula is C20H29N5O15P2. The van der Waals surface area contributed by atoms with Crippen LogP contribution in [0.15, 0.2) is 24.3 Å². The lowest BCUT2D eigenvalue weighted by atomic mass is 10.1. The van der Waals surface area contributed by atoms with Crippen molar-refractivity contribution in [3.05, 3.63) is 24.3 Å². The van der Waals surface area contributed by atoms with Crippen LogP contribution < -0.4 is 5.73 Å². The molecule has 2 aromatic heterocycles. The van der Waals surface area contributed by atoms with E-state index in [0.717, 1.165) is 12.4 Å². The van der Waals surface area contributed by atoms with Crippen molar-refractivity contribution in [3.8, 4) is 0 Å². The van der Waals surface area contributed by atoms with E-state index < -0.39 is 84.0 Å². The van der Waals surface area contributed by atoms with E-state index in [1.165, 1.54) is 10.9 Å². The summed E-state index contributed by atoms with van der Waals surface area (Å²) >= 11 is 0. The highest BCUT2D eigenvalue weighted by molar-refractivity contribution is 7.61. The van der Waals surface area contributed by atoms with Crippen molar-refractivity contribution in [2.24, 2.45) is 0 Å². The van der Waals surface area contributed by atoms with E-state index >= 15 is 0 Å². The monoisotopic (exact) mass is 641 g/mol. The van der Waals surface area contributed by atoms with Crippen molar-refractivity contribution in [1.82, 2.24) is 19.5 Å². The zero-order valence-electron chi connectivity index (χ0n) is 21.9. The Bertz CT molecular complexity index is 1420. The van der Waals surface area contributed by atoms with Crippen molar-refractivity contribution in [3.63, 3.8) is 0 Å². The highest BCUT2D eigenvalue weighted by Crippen LogP contribution is 2.60. The first-order valence-electron chi connectivity index (χ1n) is 12.1. The molecule has 0 bridgehead atoms. The van der Waals surface area contributed by atoms with Gasteiger partial charge >= 0.3 is 21.6 Å². The Hall–Kier alpha value is -2.42. The number of imidazole rings is 1. The molecule has 4 rings (SSSR count). The number of nitrogen functional groups attached to an aromatic ring is 1. The fourth-order valence-electron chi connectivity index (χ4n) is 4.05. The molecule has 4 heterocycles. The summed E-state index contributed by atoms with van der Waals surface area (Å²) in [5.41, 5.74) is 6.67. The maximum absolute atomic E-state index is 12.3. The van der Waals surface area contributed by atoms with Crippen molar-refractivity contribution in [2.75, 3.05) is 18.9 Å². The third kappa shape index (κ3) is 7.37. The van der Waals surface area contributed by atoms with Crippen LogP contribution in [-0.2, 0) is 41.5 Å². The van der Waals surface area contributed by atoms with Gasteiger partial charge in [-0.05, 0) is 13.8 Å². The number of phosphoric ester groups is 2. The van der Waals surface area contributed by atoms with Crippen molar-refractivity contribution in [2.45, 2.75) is 63.0 Å². The minimum atomic E-state index is -5.37. The lowest BCUT2D eigenvalue weighted by Gasteiger charge is -2.21. The molecule has 2 saturated heterocycles. The van der Waals surface area contributed by atoms with Gasteiger partial charge < -0.3 is 50.2 Å². The lowest BCUT2D eigenvalue weighted by Crippen LogP contribution is -2.37. The summed E-state index contributed by atoms with van der Waals surface area (Å²) in [5.74, 6) is -0.835. The molecule has 2 fully saturated rings. The first-order valence-corrected chi connectivity index (χ1v) is 15.1. The van der Waals surface area contributed by atoms with E-state index in [1.54, 1.807) is 13.8 Å². The summed E-state index contributed by atoms with van der Waals surface area (Å²) in [5, 5.41) is 41.0. The van der Waals surface area contributed by atoms with Crippen LogP contribution in [0, 0.1) is 0 Å². The SMILES string of the molecule is CC(C)=CC(=O)O[C@@H]1C(O)O[C@@H](COP(=O)(O)OP(=O)(O)OC[C@H]2O[C@@H](n3cnc4c(N)ncnc43)[C@H](O)[C@@H]2O)[C@@H]1O. The molecule has 234 valence electrons. The van der Waals surface area contributed by atoms with Crippen LogP contribution in [0.5, 0.6) is 0 Å². The number of phosphoric acid groups is 2. The number of hydrogen-bond donors (Lipinski definition) is 7. The normalized spacial score (nSPS) is 32.4.